The van der Waals surface area contributed by atoms with Crippen molar-refractivity contribution in [2.75, 3.05) is 18.4 Å². The summed E-state index contributed by atoms with van der Waals surface area (Å²) in [5, 5.41) is 6.89. The highest BCUT2D eigenvalue weighted by molar-refractivity contribution is 7.17. The van der Waals surface area contributed by atoms with Crippen molar-refractivity contribution in [3.8, 4) is 11.4 Å². The SMILES string of the molecule is CCc1cn2c(-c3cncc(N[C@@H]4CCCNC4)n3)cnc2s1. The largest absolute Gasteiger partial charge is 0.365 e. The summed E-state index contributed by atoms with van der Waals surface area (Å²) in [5.41, 5.74) is 1.85. The molecule has 0 spiro atoms. The summed E-state index contributed by atoms with van der Waals surface area (Å²) in [4.78, 5) is 15.9. The van der Waals surface area contributed by atoms with Crippen LogP contribution in [0.25, 0.3) is 16.3 Å². The van der Waals surface area contributed by atoms with Gasteiger partial charge in [0.25, 0.3) is 0 Å². The highest BCUT2D eigenvalue weighted by Gasteiger charge is 2.15. The lowest BCUT2D eigenvalue weighted by Gasteiger charge is -2.24. The van der Waals surface area contributed by atoms with Crippen molar-refractivity contribution in [3.63, 3.8) is 0 Å². The topological polar surface area (TPSA) is 67.1 Å². The lowest BCUT2D eigenvalue weighted by atomic mass is 10.1. The van der Waals surface area contributed by atoms with Gasteiger partial charge in [-0.2, -0.15) is 0 Å². The van der Waals surface area contributed by atoms with Crippen LogP contribution in [0.2, 0.25) is 0 Å². The molecule has 1 aliphatic heterocycles. The van der Waals surface area contributed by atoms with Crippen molar-refractivity contribution in [1.82, 2.24) is 24.7 Å². The summed E-state index contributed by atoms with van der Waals surface area (Å²) in [6.45, 7) is 4.25. The first-order valence-corrected chi connectivity index (χ1v) is 8.90. The van der Waals surface area contributed by atoms with Crippen LogP contribution in [-0.2, 0) is 6.42 Å². The molecular formula is C16H20N6S. The van der Waals surface area contributed by atoms with E-state index < -0.39 is 0 Å². The number of fused-ring (bicyclic) bond motifs is 1. The van der Waals surface area contributed by atoms with Gasteiger partial charge < -0.3 is 10.6 Å². The van der Waals surface area contributed by atoms with Gasteiger partial charge >= 0.3 is 0 Å². The minimum absolute atomic E-state index is 0.423. The van der Waals surface area contributed by atoms with E-state index >= 15 is 0 Å². The third-order valence-corrected chi connectivity index (χ3v) is 5.29. The van der Waals surface area contributed by atoms with Gasteiger partial charge in [-0.25, -0.2) is 9.97 Å². The van der Waals surface area contributed by atoms with Crippen LogP contribution in [0.4, 0.5) is 5.82 Å². The molecule has 0 bridgehead atoms. The van der Waals surface area contributed by atoms with Crippen molar-refractivity contribution < 1.29 is 0 Å². The minimum atomic E-state index is 0.423. The highest BCUT2D eigenvalue weighted by atomic mass is 32.1. The van der Waals surface area contributed by atoms with E-state index in [0.29, 0.717) is 6.04 Å². The van der Waals surface area contributed by atoms with Crippen LogP contribution in [0.15, 0.2) is 24.8 Å². The first-order valence-electron chi connectivity index (χ1n) is 8.09. The summed E-state index contributed by atoms with van der Waals surface area (Å²) in [7, 11) is 0. The smallest absolute Gasteiger partial charge is 0.194 e. The zero-order chi connectivity index (χ0) is 15.6. The van der Waals surface area contributed by atoms with Gasteiger partial charge in [0.1, 0.15) is 11.5 Å². The summed E-state index contributed by atoms with van der Waals surface area (Å²) in [6, 6.07) is 0.423. The molecule has 1 saturated heterocycles. The van der Waals surface area contributed by atoms with Gasteiger partial charge in [-0.05, 0) is 25.8 Å². The van der Waals surface area contributed by atoms with Crippen LogP contribution < -0.4 is 10.6 Å². The summed E-state index contributed by atoms with van der Waals surface area (Å²) in [5.74, 6) is 0.831. The Morgan fingerprint density at radius 1 is 1.39 bits per heavy atom. The van der Waals surface area contributed by atoms with E-state index in [0.717, 1.165) is 41.7 Å². The Balaban J connectivity index is 1.62. The number of aromatic nitrogens is 4. The molecule has 0 aromatic carbocycles. The monoisotopic (exact) mass is 328 g/mol. The van der Waals surface area contributed by atoms with Gasteiger partial charge in [0.15, 0.2) is 4.96 Å². The Bertz CT molecular complexity index is 802. The standard InChI is InChI=1S/C16H20N6S/c1-2-12-10-22-14(8-19-16(22)23-12)13-7-18-9-15(21-13)20-11-4-3-5-17-6-11/h7-11,17H,2-6H2,1H3,(H,20,21)/t11-/m1/s1. The normalized spacial score (nSPS) is 18.4. The van der Waals surface area contributed by atoms with Crippen LogP contribution in [0, 0.1) is 0 Å². The van der Waals surface area contributed by atoms with Crippen LogP contribution in [0.5, 0.6) is 0 Å². The number of anilines is 1. The first-order chi connectivity index (χ1) is 11.3. The third-order valence-electron chi connectivity index (χ3n) is 4.15. The molecule has 1 aliphatic rings. The zero-order valence-electron chi connectivity index (χ0n) is 13.1. The predicted molar refractivity (Wildman–Crippen MR) is 93.0 cm³/mol. The van der Waals surface area contributed by atoms with Crippen LogP contribution in [-0.4, -0.2) is 38.5 Å². The zero-order valence-corrected chi connectivity index (χ0v) is 13.9. The fourth-order valence-corrected chi connectivity index (χ4v) is 3.82. The molecule has 120 valence electrons. The maximum atomic E-state index is 4.74. The molecule has 4 heterocycles. The molecule has 7 heteroatoms. The molecule has 0 amide bonds. The Morgan fingerprint density at radius 3 is 3.17 bits per heavy atom. The lowest BCUT2D eigenvalue weighted by Crippen LogP contribution is -2.38. The van der Waals surface area contributed by atoms with Crippen molar-refractivity contribution in [2.45, 2.75) is 32.2 Å². The maximum absolute atomic E-state index is 4.74. The van der Waals surface area contributed by atoms with Crippen molar-refractivity contribution in [1.29, 1.82) is 0 Å². The van der Waals surface area contributed by atoms with Gasteiger partial charge in [0, 0.05) is 23.7 Å². The number of thiazole rings is 1. The molecule has 3 aromatic heterocycles. The number of rotatable bonds is 4. The fourth-order valence-electron chi connectivity index (χ4n) is 2.93. The Morgan fingerprint density at radius 2 is 2.35 bits per heavy atom. The molecule has 2 N–H and O–H groups in total. The second-order valence-corrected chi connectivity index (χ2v) is 6.92. The highest BCUT2D eigenvalue weighted by Crippen LogP contribution is 2.25. The molecule has 6 nitrogen and oxygen atoms in total. The van der Waals surface area contributed by atoms with E-state index in [2.05, 4.69) is 38.1 Å². The maximum Gasteiger partial charge on any atom is 0.194 e. The van der Waals surface area contributed by atoms with E-state index in [1.807, 2.05) is 6.20 Å². The molecule has 1 fully saturated rings. The summed E-state index contributed by atoms with van der Waals surface area (Å²) in [6.07, 6.45) is 11.0. The predicted octanol–water partition coefficient (Wildman–Crippen LogP) is 2.58. The first kappa shape index (κ1) is 14.6. The van der Waals surface area contributed by atoms with E-state index in [-0.39, 0.29) is 0 Å². The molecule has 0 aliphatic carbocycles. The molecule has 23 heavy (non-hydrogen) atoms. The average Bonchev–Trinajstić information content (AvgIpc) is 3.16. The number of hydrogen-bond acceptors (Lipinski definition) is 6. The Hall–Kier alpha value is -1.99. The quantitative estimate of drug-likeness (QED) is 0.770. The van der Waals surface area contributed by atoms with Gasteiger partial charge in [-0.15, -0.1) is 11.3 Å². The van der Waals surface area contributed by atoms with Gasteiger partial charge in [0.2, 0.25) is 0 Å². The third kappa shape index (κ3) is 2.94. The molecule has 0 saturated carbocycles. The second kappa shape index (κ2) is 6.25. The molecule has 3 aromatic rings. The van der Waals surface area contributed by atoms with E-state index in [1.165, 1.54) is 17.7 Å². The fraction of sp³-hybridized carbons (Fsp3) is 0.438. The van der Waals surface area contributed by atoms with Gasteiger partial charge in [-0.3, -0.25) is 9.38 Å². The molecule has 0 unspecified atom stereocenters. The van der Waals surface area contributed by atoms with Crippen LogP contribution in [0.1, 0.15) is 24.6 Å². The molecule has 1 atom stereocenters. The number of aryl methyl sites for hydroxylation is 1. The average molecular weight is 328 g/mol. The summed E-state index contributed by atoms with van der Waals surface area (Å²) < 4.78 is 2.11. The lowest BCUT2D eigenvalue weighted by molar-refractivity contribution is 0.479. The second-order valence-electron chi connectivity index (χ2n) is 5.82. The number of nitrogens with zero attached hydrogens (tertiary/aromatic N) is 4. The molecule has 0 radical (unpaired) electrons. The van der Waals surface area contributed by atoms with Crippen molar-refractivity contribution in [3.05, 3.63) is 29.7 Å². The van der Waals surface area contributed by atoms with Crippen molar-refractivity contribution >= 4 is 22.1 Å². The number of imidazole rings is 1. The number of nitrogens with one attached hydrogen (secondary N) is 2. The van der Waals surface area contributed by atoms with E-state index in [1.54, 1.807) is 23.7 Å². The van der Waals surface area contributed by atoms with Crippen LogP contribution in [0.3, 0.4) is 0 Å². The van der Waals surface area contributed by atoms with Crippen molar-refractivity contribution in [2.24, 2.45) is 0 Å². The van der Waals surface area contributed by atoms with Crippen LogP contribution >= 0.6 is 11.3 Å². The Labute approximate surface area is 139 Å². The number of piperidine rings is 1. The van der Waals surface area contributed by atoms with Gasteiger partial charge in [0.05, 0.1) is 24.3 Å². The molecule has 4 rings (SSSR count). The van der Waals surface area contributed by atoms with E-state index in [9.17, 15) is 0 Å². The Kier molecular flexibility index (Phi) is 3.97. The van der Waals surface area contributed by atoms with E-state index in [4.69, 9.17) is 4.98 Å². The summed E-state index contributed by atoms with van der Waals surface area (Å²) >= 11 is 1.73. The molecular weight excluding hydrogens is 308 g/mol. The van der Waals surface area contributed by atoms with Gasteiger partial charge in [-0.1, -0.05) is 6.92 Å². The minimum Gasteiger partial charge on any atom is -0.365 e. The number of hydrogen-bond donors (Lipinski definition) is 2.